The average Bonchev–Trinajstić information content (AvgIpc) is 3.56. The average molecular weight is 538 g/mol. The van der Waals surface area contributed by atoms with E-state index in [9.17, 15) is 19.2 Å². The van der Waals surface area contributed by atoms with Gasteiger partial charge < -0.3 is 20.5 Å². The first kappa shape index (κ1) is 24.4. The number of hydrogen-bond donors (Lipinski definition) is 3. The van der Waals surface area contributed by atoms with Crippen LogP contribution in [0.2, 0.25) is 4.34 Å². The second-order valence-electron chi connectivity index (χ2n) is 8.16. The number of H-pyrrole nitrogens is 1. The molecule has 1 aliphatic heterocycles. The second kappa shape index (κ2) is 10.4. The molecule has 3 aromatic heterocycles. The lowest BCUT2D eigenvalue weighted by molar-refractivity contribution is -0.123. The topological polar surface area (TPSA) is 142 Å². The van der Waals surface area contributed by atoms with Crippen LogP contribution in [0.5, 0.6) is 0 Å². The van der Waals surface area contributed by atoms with E-state index in [1.54, 1.807) is 48.7 Å². The highest BCUT2D eigenvalue weighted by molar-refractivity contribution is 7.18. The first-order valence-electron chi connectivity index (χ1n) is 11.2. The van der Waals surface area contributed by atoms with Crippen molar-refractivity contribution in [2.24, 2.45) is 0 Å². The maximum absolute atomic E-state index is 13.5. The molecule has 0 aliphatic carbocycles. The quantitative estimate of drug-likeness (QED) is 0.342. The molecule has 0 saturated carbocycles. The monoisotopic (exact) mass is 537 g/mol. The fraction of sp³-hybridized carbons (Fsp3) is 0.167. The molecule has 1 saturated heterocycles. The van der Waals surface area contributed by atoms with Crippen molar-refractivity contribution in [1.29, 1.82) is 0 Å². The van der Waals surface area contributed by atoms with Crippen molar-refractivity contribution in [3.63, 3.8) is 0 Å². The number of hydrogen-bond acceptors (Lipinski definition) is 7. The van der Waals surface area contributed by atoms with Crippen molar-refractivity contribution in [3.8, 4) is 16.8 Å². The molecule has 4 aromatic rings. The number of thiophene rings is 1. The van der Waals surface area contributed by atoms with Crippen LogP contribution in [0.25, 0.3) is 16.8 Å². The van der Waals surface area contributed by atoms with Gasteiger partial charge in [-0.2, -0.15) is 0 Å². The van der Waals surface area contributed by atoms with Crippen molar-refractivity contribution in [3.05, 3.63) is 85.7 Å². The molecule has 11 nitrogen and oxygen atoms in total. The van der Waals surface area contributed by atoms with E-state index in [0.29, 0.717) is 44.8 Å². The minimum Gasteiger partial charge on any atom is -0.353 e. The van der Waals surface area contributed by atoms with Crippen LogP contribution >= 0.6 is 22.9 Å². The number of benzene rings is 1. The summed E-state index contributed by atoms with van der Waals surface area (Å²) in [4.78, 5) is 54.7. The zero-order valence-electron chi connectivity index (χ0n) is 19.2. The Hall–Kier alpha value is -4.29. The van der Waals surface area contributed by atoms with E-state index in [1.807, 2.05) is 0 Å². The minimum atomic E-state index is -0.376. The summed E-state index contributed by atoms with van der Waals surface area (Å²) in [5, 5.41) is 13.7. The van der Waals surface area contributed by atoms with Crippen LogP contribution in [0.1, 0.15) is 25.7 Å². The summed E-state index contributed by atoms with van der Waals surface area (Å²) < 4.78 is 1.94. The number of aromatic nitrogens is 4. The van der Waals surface area contributed by atoms with Gasteiger partial charge >= 0.3 is 0 Å². The summed E-state index contributed by atoms with van der Waals surface area (Å²) in [5.41, 5.74) is 1.78. The Morgan fingerprint density at radius 2 is 2.03 bits per heavy atom. The molecule has 13 heteroatoms. The highest BCUT2D eigenvalue weighted by Gasteiger charge is 2.26. The van der Waals surface area contributed by atoms with Gasteiger partial charge in [-0.15, -0.1) is 16.4 Å². The maximum atomic E-state index is 13.5. The molecule has 1 aromatic carbocycles. The Morgan fingerprint density at radius 1 is 1.16 bits per heavy atom. The third kappa shape index (κ3) is 5.29. The standard InChI is InChI=1S/C24H20ClN7O4S/c25-20-6-5-19(37-20)23(35)28-11-15-12-32(30-29-15)18-4-3-14(16-2-1-7-27-22(16)34)10-17(18)24(36)31-9-8-26-21(33)13-31/h1-7,10,12H,8-9,11,13H2,(H,26,33)(H,27,34)(H,28,35). The highest BCUT2D eigenvalue weighted by atomic mass is 35.5. The van der Waals surface area contributed by atoms with Crippen molar-refractivity contribution >= 4 is 40.7 Å². The molecule has 5 rings (SSSR count). The molecule has 37 heavy (non-hydrogen) atoms. The van der Waals surface area contributed by atoms with E-state index in [-0.39, 0.29) is 41.9 Å². The third-order valence-corrected chi connectivity index (χ3v) is 6.93. The first-order valence-corrected chi connectivity index (χ1v) is 12.4. The van der Waals surface area contributed by atoms with Crippen LogP contribution < -0.4 is 16.2 Å². The summed E-state index contributed by atoms with van der Waals surface area (Å²) >= 11 is 7.07. The number of carbonyl (C=O) groups excluding carboxylic acids is 3. The van der Waals surface area contributed by atoms with Gasteiger partial charge in [-0.1, -0.05) is 22.9 Å². The number of pyridine rings is 1. The van der Waals surface area contributed by atoms with Gasteiger partial charge in [-0.25, -0.2) is 4.68 Å². The molecule has 0 unspecified atom stereocenters. The Balaban J connectivity index is 1.45. The lowest BCUT2D eigenvalue weighted by atomic mass is 10.0. The zero-order valence-corrected chi connectivity index (χ0v) is 20.8. The van der Waals surface area contributed by atoms with E-state index < -0.39 is 0 Å². The van der Waals surface area contributed by atoms with Gasteiger partial charge in [-0.05, 0) is 42.0 Å². The van der Waals surface area contributed by atoms with Crippen LogP contribution in [-0.2, 0) is 11.3 Å². The predicted molar refractivity (Wildman–Crippen MR) is 137 cm³/mol. The van der Waals surface area contributed by atoms with Crippen LogP contribution in [0.3, 0.4) is 0 Å². The van der Waals surface area contributed by atoms with Gasteiger partial charge in [0.1, 0.15) is 5.69 Å². The second-order valence-corrected chi connectivity index (χ2v) is 9.88. The summed E-state index contributed by atoms with van der Waals surface area (Å²) in [6.07, 6.45) is 3.13. The molecule has 4 heterocycles. The Bertz CT molecular complexity index is 1560. The van der Waals surface area contributed by atoms with Gasteiger partial charge in [-0.3, -0.25) is 19.2 Å². The van der Waals surface area contributed by atoms with Crippen LogP contribution in [0.4, 0.5) is 0 Å². The largest absolute Gasteiger partial charge is 0.353 e. The fourth-order valence-corrected chi connectivity index (χ4v) is 4.86. The lowest BCUT2D eigenvalue weighted by Crippen LogP contribution is -2.50. The highest BCUT2D eigenvalue weighted by Crippen LogP contribution is 2.24. The fourth-order valence-electron chi connectivity index (χ4n) is 3.90. The summed E-state index contributed by atoms with van der Waals surface area (Å²) in [6.45, 7) is 0.735. The smallest absolute Gasteiger partial charge is 0.261 e. The van der Waals surface area contributed by atoms with Crippen molar-refractivity contribution in [2.75, 3.05) is 19.6 Å². The molecule has 1 aliphatic rings. The molecular weight excluding hydrogens is 518 g/mol. The number of rotatable bonds is 6. The van der Waals surface area contributed by atoms with Crippen LogP contribution in [0.15, 0.2) is 59.7 Å². The SMILES string of the molecule is O=C1CN(C(=O)c2cc(-c3ccc[nH]c3=O)ccc2-n2cc(CNC(=O)c3ccc(Cl)s3)nn2)CCN1. The number of aromatic amines is 1. The Labute approximate surface area is 219 Å². The van der Waals surface area contributed by atoms with Crippen molar-refractivity contribution < 1.29 is 14.4 Å². The van der Waals surface area contributed by atoms with E-state index >= 15 is 0 Å². The van der Waals surface area contributed by atoms with E-state index in [4.69, 9.17) is 11.6 Å². The molecule has 0 spiro atoms. The van der Waals surface area contributed by atoms with Crippen LogP contribution in [-0.4, -0.2) is 62.2 Å². The Morgan fingerprint density at radius 3 is 2.78 bits per heavy atom. The summed E-state index contributed by atoms with van der Waals surface area (Å²) in [7, 11) is 0. The van der Waals surface area contributed by atoms with Gasteiger partial charge in [0.15, 0.2) is 0 Å². The minimum absolute atomic E-state index is 0.0736. The van der Waals surface area contributed by atoms with Crippen molar-refractivity contribution in [2.45, 2.75) is 6.54 Å². The summed E-state index contributed by atoms with van der Waals surface area (Å²) in [6, 6.07) is 11.6. The number of nitrogens with one attached hydrogen (secondary N) is 3. The number of piperazine rings is 1. The third-order valence-electron chi connectivity index (χ3n) is 5.70. The molecule has 0 atom stereocenters. The normalized spacial score (nSPS) is 13.3. The van der Waals surface area contributed by atoms with E-state index in [2.05, 4.69) is 25.9 Å². The Kier molecular flexibility index (Phi) is 6.84. The molecule has 0 radical (unpaired) electrons. The maximum Gasteiger partial charge on any atom is 0.261 e. The molecule has 3 amide bonds. The molecule has 1 fully saturated rings. The van der Waals surface area contributed by atoms with Gasteiger partial charge in [0.2, 0.25) is 5.91 Å². The molecule has 188 valence electrons. The molecule has 3 N–H and O–H groups in total. The van der Waals surface area contributed by atoms with E-state index in [0.717, 1.165) is 0 Å². The first-order chi connectivity index (χ1) is 17.9. The van der Waals surface area contributed by atoms with Gasteiger partial charge in [0.05, 0.1) is 39.8 Å². The number of halogens is 1. The number of nitrogens with zero attached hydrogens (tertiary/aromatic N) is 4. The molecule has 0 bridgehead atoms. The van der Waals surface area contributed by atoms with E-state index in [1.165, 1.54) is 27.1 Å². The summed E-state index contributed by atoms with van der Waals surface area (Å²) in [5.74, 6) is -0.912. The lowest BCUT2D eigenvalue weighted by Gasteiger charge is -2.27. The zero-order chi connectivity index (χ0) is 25.9. The number of carbonyl (C=O) groups is 3. The number of amides is 3. The molecular formula is C24H20ClN7O4S. The predicted octanol–water partition coefficient (Wildman–Crippen LogP) is 1.84. The van der Waals surface area contributed by atoms with Gasteiger partial charge in [0.25, 0.3) is 17.4 Å². The van der Waals surface area contributed by atoms with Gasteiger partial charge in [0, 0.05) is 24.8 Å². The van der Waals surface area contributed by atoms with Crippen LogP contribution in [0, 0.1) is 0 Å². The van der Waals surface area contributed by atoms with Crippen molar-refractivity contribution in [1.82, 2.24) is 35.5 Å².